The van der Waals surface area contributed by atoms with Crippen molar-refractivity contribution < 1.29 is 0 Å². The van der Waals surface area contributed by atoms with Crippen molar-refractivity contribution >= 4 is 17.0 Å². The molecule has 1 radical (unpaired) electrons. The molecule has 0 unspecified atom stereocenters. The van der Waals surface area contributed by atoms with Crippen LogP contribution in [0.1, 0.15) is 0 Å². The van der Waals surface area contributed by atoms with Gasteiger partial charge in [-0.2, -0.15) is 0 Å². The zero-order valence-corrected chi connectivity index (χ0v) is 7.14. The van der Waals surface area contributed by atoms with E-state index in [0.717, 1.165) is 16.9 Å². The van der Waals surface area contributed by atoms with Crippen LogP contribution in [-0.4, -0.2) is 4.98 Å². The molecule has 0 spiro atoms. The molecule has 0 amide bonds. The molecule has 2 nitrogen and oxygen atoms in total. The summed E-state index contributed by atoms with van der Waals surface area (Å²) in [5, 5.41) is 1.96. The second kappa shape index (κ2) is 2.95. The van der Waals surface area contributed by atoms with Crippen LogP contribution in [0.3, 0.4) is 0 Å². The maximum Gasteiger partial charge on any atom is 0.152 e. The van der Waals surface area contributed by atoms with Crippen LogP contribution >= 0.6 is 11.3 Å². The maximum atomic E-state index is 5.55. The van der Waals surface area contributed by atoms with Gasteiger partial charge in [-0.05, 0) is 12.1 Å². The van der Waals surface area contributed by atoms with Crippen LogP contribution in [-0.2, 0) is 0 Å². The Kier molecular flexibility index (Phi) is 1.80. The van der Waals surface area contributed by atoms with Crippen molar-refractivity contribution in [3.8, 4) is 11.3 Å². The van der Waals surface area contributed by atoms with E-state index in [-0.39, 0.29) is 0 Å². The van der Waals surface area contributed by atoms with Crippen LogP contribution in [0, 0.1) is 5.51 Å². The summed E-state index contributed by atoms with van der Waals surface area (Å²) in [6.07, 6.45) is 0. The Labute approximate surface area is 74.7 Å². The van der Waals surface area contributed by atoms with Gasteiger partial charge in [0.05, 0.1) is 5.69 Å². The number of hydrogen-bond acceptors (Lipinski definition) is 3. The normalized spacial score (nSPS) is 10.0. The standard InChI is InChI=1S/C9H7N2S/c10-8-3-1-7(2-4-8)9-5-12-6-11-9/h1-5H,10H2. The van der Waals surface area contributed by atoms with Gasteiger partial charge in [0.25, 0.3) is 0 Å². The minimum absolute atomic E-state index is 0.776. The number of benzene rings is 1. The molecule has 1 heterocycles. The molecule has 0 saturated carbocycles. The summed E-state index contributed by atoms with van der Waals surface area (Å²) in [6.45, 7) is 0. The SMILES string of the molecule is Nc1ccc(-c2cs[c]n2)cc1. The van der Waals surface area contributed by atoms with Crippen LogP contribution in [0.5, 0.6) is 0 Å². The van der Waals surface area contributed by atoms with Gasteiger partial charge in [0.2, 0.25) is 0 Å². The van der Waals surface area contributed by atoms with E-state index >= 15 is 0 Å². The highest BCUT2D eigenvalue weighted by Crippen LogP contribution is 2.19. The molecule has 0 bridgehead atoms. The average molecular weight is 175 g/mol. The van der Waals surface area contributed by atoms with Crippen molar-refractivity contribution in [2.24, 2.45) is 0 Å². The molecular formula is C9H7N2S. The molecule has 59 valence electrons. The fourth-order valence-electron chi connectivity index (χ4n) is 0.971. The fraction of sp³-hybridized carbons (Fsp3) is 0. The molecular weight excluding hydrogens is 168 g/mol. The van der Waals surface area contributed by atoms with E-state index in [1.807, 2.05) is 29.6 Å². The van der Waals surface area contributed by atoms with Gasteiger partial charge in [-0.3, -0.25) is 0 Å². The van der Waals surface area contributed by atoms with Gasteiger partial charge >= 0.3 is 0 Å². The van der Waals surface area contributed by atoms with E-state index in [1.54, 1.807) is 0 Å². The van der Waals surface area contributed by atoms with Gasteiger partial charge in [-0.1, -0.05) is 12.1 Å². The minimum Gasteiger partial charge on any atom is -0.399 e. The molecule has 0 atom stereocenters. The zero-order valence-electron chi connectivity index (χ0n) is 6.32. The molecule has 3 heteroatoms. The smallest absolute Gasteiger partial charge is 0.152 e. The average Bonchev–Trinajstić information content (AvgIpc) is 2.58. The number of rotatable bonds is 1. The number of hydrogen-bond donors (Lipinski definition) is 1. The summed E-state index contributed by atoms with van der Waals surface area (Å²) >= 11 is 1.47. The minimum atomic E-state index is 0.776. The summed E-state index contributed by atoms with van der Waals surface area (Å²) in [7, 11) is 0. The Bertz CT molecular complexity index is 351. The predicted molar refractivity (Wildman–Crippen MR) is 50.8 cm³/mol. The predicted octanol–water partition coefficient (Wildman–Crippen LogP) is 2.19. The van der Waals surface area contributed by atoms with E-state index < -0.39 is 0 Å². The van der Waals surface area contributed by atoms with Crippen molar-refractivity contribution in [3.63, 3.8) is 0 Å². The summed E-state index contributed by atoms with van der Waals surface area (Å²) in [6, 6.07) is 7.65. The highest BCUT2D eigenvalue weighted by Gasteiger charge is 1.97. The monoisotopic (exact) mass is 175 g/mol. The molecule has 1 aromatic heterocycles. The first-order valence-corrected chi connectivity index (χ1v) is 4.42. The highest BCUT2D eigenvalue weighted by atomic mass is 32.1. The molecule has 0 aliphatic rings. The van der Waals surface area contributed by atoms with Crippen molar-refractivity contribution in [2.45, 2.75) is 0 Å². The van der Waals surface area contributed by atoms with Crippen LogP contribution in [0.25, 0.3) is 11.3 Å². The molecule has 0 aliphatic heterocycles. The fourth-order valence-corrected chi connectivity index (χ4v) is 1.47. The summed E-state index contributed by atoms with van der Waals surface area (Å²) in [4.78, 5) is 4.07. The highest BCUT2D eigenvalue weighted by molar-refractivity contribution is 7.07. The first-order valence-electron chi connectivity index (χ1n) is 3.54. The Morgan fingerprint density at radius 3 is 2.58 bits per heavy atom. The van der Waals surface area contributed by atoms with Gasteiger partial charge in [0.15, 0.2) is 5.51 Å². The number of nitrogens with two attached hydrogens (primary N) is 1. The molecule has 0 aliphatic carbocycles. The van der Waals surface area contributed by atoms with Gasteiger partial charge < -0.3 is 5.73 Å². The summed E-state index contributed by atoms with van der Waals surface area (Å²) in [5.41, 5.74) is 11.2. The largest absolute Gasteiger partial charge is 0.399 e. The van der Waals surface area contributed by atoms with E-state index in [2.05, 4.69) is 10.5 Å². The lowest BCUT2D eigenvalue weighted by Crippen LogP contribution is -1.83. The lowest BCUT2D eigenvalue weighted by Gasteiger charge is -1.95. The van der Waals surface area contributed by atoms with Crippen LogP contribution in [0.4, 0.5) is 5.69 Å². The van der Waals surface area contributed by atoms with Crippen molar-refractivity contribution in [3.05, 3.63) is 35.2 Å². The number of nitrogens with zero attached hydrogens (tertiary/aromatic N) is 1. The molecule has 2 rings (SSSR count). The Hall–Kier alpha value is -1.35. The maximum absolute atomic E-state index is 5.55. The van der Waals surface area contributed by atoms with E-state index in [4.69, 9.17) is 5.73 Å². The molecule has 2 aromatic rings. The molecule has 2 N–H and O–H groups in total. The van der Waals surface area contributed by atoms with Gasteiger partial charge in [-0.15, -0.1) is 11.3 Å². The van der Waals surface area contributed by atoms with Crippen molar-refractivity contribution in [2.75, 3.05) is 5.73 Å². The second-order valence-electron chi connectivity index (χ2n) is 2.45. The lowest BCUT2D eigenvalue weighted by atomic mass is 10.2. The van der Waals surface area contributed by atoms with Crippen LogP contribution < -0.4 is 5.73 Å². The number of nitrogen functional groups attached to an aromatic ring is 1. The van der Waals surface area contributed by atoms with E-state index in [9.17, 15) is 0 Å². The summed E-state index contributed by atoms with van der Waals surface area (Å²) < 4.78 is 0. The molecule has 0 saturated heterocycles. The van der Waals surface area contributed by atoms with Gasteiger partial charge in [-0.25, -0.2) is 4.98 Å². The van der Waals surface area contributed by atoms with Crippen molar-refractivity contribution in [1.82, 2.24) is 4.98 Å². The number of aromatic nitrogens is 1. The Balaban J connectivity index is 2.43. The topological polar surface area (TPSA) is 38.9 Å². The molecule has 1 aromatic carbocycles. The number of anilines is 1. The quantitative estimate of drug-likeness (QED) is 0.675. The first kappa shape index (κ1) is 7.31. The first-order chi connectivity index (χ1) is 5.86. The van der Waals surface area contributed by atoms with E-state index in [1.165, 1.54) is 11.3 Å². The zero-order chi connectivity index (χ0) is 8.39. The van der Waals surface area contributed by atoms with Gasteiger partial charge in [0.1, 0.15) is 0 Å². The Morgan fingerprint density at radius 1 is 1.25 bits per heavy atom. The lowest BCUT2D eigenvalue weighted by molar-refractivity contribution is 1.40. The summed E-state index contributed by atoms with van der Waals surface area (Å²) in [5.74, 6) is 0. The third kappa shape index (κ3) is 1.31. The van der Waals surface area contributed by atoms with Crippen LogP contribution in [0.2, 0.25) is 0 Å². The third-order valence-electron chi connectivity index (χ3n) is 1.60. The van der Waals surface area contributed by atoms with Crippen LogP contribution in [0.15, 0.2) is 29.6 Å². The molecule has 0 fully saturated rings. The van der Waals surface area contributed by atoms with E-state index in [0.29, 0.717) is 0 Å². The molecule has 12 heavy (non-hydrogen) atoms. The van der Waals surface area contributed by atoms with Gasteiger partial charge in [0, 0.05) is 16.6 Å². The Morgan fingerprint density at radius 2 is 2.00 bits per heavy atom. The second-order valence-corrected chi connectivity index (χ2v) is 3.10. The third-order valence-corrected chi connectivity index (χ3v) is 2.13. The van der Waals surface area contributed by atoms with Crippen molar-refractivity contribution in [1.29, 1.82) is 0 Å². The number of thiazole rings is 1.